The summed E-state index contributed by atoms with van der Waals surface area (Å²) in [5, 5.41) is 3.95. The molecule has 1 N–H and O–H groups in total. The summed E-state index contributed by atoms with van der Waals surface area (Å²) < 4.78 is 28.4. The van der Waals surface area contributed by atoms with Crippen molar-refractivity contribution in [3.8, 4) is 0 Å². The van der Waals surface area contributed by atoms with Crippen molar-refractivity contribution in [1.82, 2.24) is 9.29 Å². The lowest BCUT2D eigenvalue weighted by Gasteiger charge is -2.29. The quantitative estimate of drug-likeness (QED) is 0.441. The number of amides is 1. The number of halogens is 1. The van der Waals surface area contributed by atoms with Crippen LogP contribution in [-0.2, 0) is 15.4 Å². The normalized spacial score (nSPS) is 12.3. The monoisotopic (exact) mass is 509 g/mol. The SMILES string of the molecule is CC(C)N(C(C)C)S(=O)(=O)c1ccc2nc(NC(=O)c3ccc(CBr)cc3)sc2c1. The van der Waals surface area contributed by atoms with E-state index in [0.717, 1.165) is 10.9 Å². The highest BCUT2D eigenvalue weighted by Gasteiger charge is 2.29. The van der Waals surface area contributed by atoms with E-state index in [9.17, 15) is 13.2 Å². The second-order valence-electron chi connectivity index (χ2n) is 7.46. The van der Waals surface area contributed by atoms with Gasteiger partial charge in [-0.05, 0) is 63.6 Å². The molecule has 0 saturated carbocycles. The summed E-state index contributed by atoms with van der Waals surface area (Å²) in [6, 6.07) is 11.9. The van der Waals surface area contributed by atoms with Crippen molar-refractivity contribution in [2.75, 3.05) is 5.32 Å². The zero-order valence-corrected chi connectivity index (χ0v) is 20.4. The Hall–Kier alpha value is -1.81. The molecule has 0 aliphatic carbocycles. The molecule has 9 heteroatoms. The summed E-state index contributed by atoms with van der Waals surface area (Å²) in [5.41, 5.74) is 2.26. The lowest BCUT2D eigenvalue weighted by Crippen LogP contribution is -2.41. The molecular weight excluding hydrogens is 486 g/mol. The van der Waals surface area contributed by atoms with E-state index < -0.39 is 10.0 Å². The Morgan fingerprint density at radius 3 is 2.30 bits per heavy atom. The van der Waals surface area contributed by atoms with Crippen molar-refractivity contribution in [3.63, 3.8) is 0 Å². The number of aromatic nitrogens is 1. The highest BCUT2D eigenvalue weighted by atomic mass is 79.9. The maximum Gasteiger partial charge on any atom is 0.257 e. The number of carbonyl (C=O) groups excluding carboxylic acids is 1. The summed E-state index contributed by atoms with van der Waals surface area (Å²) in [7, 11) is -3.63. The van der Waals surface area contributed by atoms with E-state index in [1.807, 2.05) is 39.8 Å². The van der Waals surface area contributed by atoms with Crippen LogP contribution in [0.5, 0.6) is 0 Å². The number of nitrogens with one attached hydrogen (secondary N) is 1. The first-order valence-electron chi connectivity index (χ1n) is 9.54. The second kappa shape index (κ2) is 9.13. The zero-order valence-electron chi connectivity index (χ0n) is 17.2. The van der Waals surface area contributed by atoms with Crippen molar-refractivity contribution >= 4 is 58.5 Å². The molecule has 0 fully saturated rings. The Morgan fingerprint density at radius 1 is 1.10 bits per heavy atom. The van der Waals surface area contributed by atoms with Crippen molar-refractivity contribution in [2.24, 2.45) is 0 Å². The third-order valence-corrected chi connectivity index (χ3v) is 8.37. The number of fused-ring (bicyclic) bond motifs is 1. The molecule has 6 nitrogen and oxygen atoms in total. The predicted octanol–water partition coefficient (Wildman–Crippen LogP) is 5.25. The van der Waals surface area contributed by atoms with Crippen LogP contribution in [0.15, 0.2) is 47.4 Å². The van der Waals surface area contributed by atoms with Gasteiger partial charge in [0.1, 0.15) is 0 Å². The topological polar surface area (TPSA) is 79.4 Å². The number of benzene rings is 2. The average Bonchev–Trinajstić information content (AvgIpc) is 3.08. The third-order valence-electron chi connectivity index (χ3n) is 4.54. The molecule has 3 rings (SSSR count). The lowest BCUT2D eigenvalue weighted by atomic mass is 10.1. The molecule has 160 valence electrons. The van der Waals surface area contributed by atoms with Gasteiger partial charge in [-0.1, -0.05) is 39.4 Å². The van der Waals surface area contributed by atoms with E-state index >= 15 is 0 Å². The fourth-order valence-electron chi connectivity index (χ4n) is 3.31. The molecule has 2 aromatic carbocycles. The fraction of sp³-hybridized carbons (Fsp3) is 0.333. The van der Waals surface area contributed by atoms with E-state index in [0.29, 0.717) is 20.9 Å². The minimum atomic E-state index is -3.63. The van der Waals surface area contributed by atoms with Crippen LogP contribution in [0.3, 0.4) is 0 Å². The summed E-state index contributed by atoms with van der Waals surface area (Å²) in [6.07, 6.45) is 0. The van der Waals surface area contributed by atoms with Crippen LogP contribution in [-0.4, -0.2) is 35.7 Å². The Morgan fingerprint density at radius 2 is 1.73 bits per heavy atom. The van der Waals surface area contributed by atoms with Gasteiger partial charge in [-0.25, -0.2) is 13.4 Å². The largest absolute Gasteiger partial charge is 0.298 e. The number of rotatable bonds is 7. The highest BCUT2D eigenvalue weighted by molar-refractivity contribution is 9.08. The van der Waals surface area contributed by atoms with Gasteiger partial charge >= 0.3 is 0 Å². The molecule has 0 saturated heterocycles. The minimum Gasteiger partial charge on any atom is -0.298 e. The van der Waals surface area contributed by atoms with E-state index in [4.69, 9.17) is 0 Å². The van der Waals surface area contributed by atoms with Crippen LogP contribution < -0.4 is 5.32 Å². The standard InChI is InChI=1S/C21H24BrN3O3S2/c1-13(2)25(14(3)4)30(27,28)17-9-10-18-19(11-17)29-21(23-18)24-20(26)16-7-5-15(12-22)6-8-16/h5-11,13-14H,12H2,1-4H3,(H,23,24,26). The molecule has 0 aliphatic rings. The molecule has 0 spiro atoms. The fourth-order valence-corrected chi connectivity index (χ4v) is 6.52. The molecule has 1 heterocycles. The smallest absolute Gasteiger partial charge is 0.257 e. The van der Waals surface area contributed by atoms with Crippen LogP contribution in [0.1, 0.15) is 43.6 Å². The van der Waals surface area contributed by atoms with Gasteiger partial charge in [-0.3, -0.25) is 10.1 Å². The van der Waals surface area contributed by atoms with E-state index in [-0.39, 0.29) is 22.9 Å². The molecule has 0 bridgehead atoms. The number of hydrogen-bond donors (Lipinski definition) is 1. The lowest BCUT2D eigenvalue weighted by molar-refractivity contribution is 0.102. The van der Waals surface area contributed by atoms with E-state index in [1.54, 1.807) is 30.3 Å². The van der Waals surface area contributed by atoms with Crippen LogP contribution >= 0.6 is 27.3 Å². The Bertz CT molecular complexity index is 1150. The molecule has 1 amide bonds. The van der Waals surface area contributed by atoms with Crippen molar-refractivity contribution in [2.45, 2.75) is 50.0 Å². The minimum absolute atomic E-state index is 0.155. The number of alkyl halides is 1. The molecule has 3 aromatic rings. The van der Waals surface area contributed by atoms with Crippen LogP contribution in [0.4, 0.5) is 5.13 Å². The van der Waals surface area contributed by atoms with Crippen molar-refractivity contribution < 1.29 is 13.2 Å². The van der Waals surface area contributed by atoms with Gasteiger partial charge in [0.15, 0.2) is 5.13 Å². The molecular formula is C21H24BrN3O3S2. The maximum absolute atomic E-state index is 13.1. The van der Waals surface area contributed by atoms with Crippen LogP contribution in [0.25, 0.3) is 10.2 Å². The summed E-state index contributed by atoms with van der Waals surface area (Å²) in [4.78, 5) is 17.1. The molecule has 0 aliphatic heterocycles. The second-order valence-corrected chi connectivity index (χ2v) is 10.9. The van der Waals surface area contributed by atoms with Gasteiger partial charge in [0, 0.05) is 23.0 Å². The number of sulfonamides is 1. The number of carbonyl (C=O) groups is 1. The molecule has 0 unspecified atom stereocenters. The van der Waals surface area contributed by atoms with Crippen LogP contribution in [0.2, 0.25) is 0 Å². The zero-order chi connectivity index (χ0) is 22.1. The maximum atomic E-state index is 13.1. The Kier molecular flexibility index (Phi) is 6.96. The van der Waals surface area contributed by atoms with Gasteiger partial charge in [-0.15, -0.1) is 0 Å². The van der Waals surface area contributed by atoms with Gasteiger partial charge < -0.3 is 0 Å². The first kappa shape index (κ1) is 22.9. The Balaban J connectivity index is 1.87. The van der Waals surface area contributed by atoms with Gasteiger partial charge in [0.05, 0.1) is 15.1 Å². The first-order valence-corrected chi connectivity index (χ1v) is 12.9. The number of hydrogen-bond acceptors (Lipinski definition) is 5. The summed E-state index contributed by atoms with van der Waals surface area (Å²) >= 11 is 4.64. The first-order chi connectivity index (χ1) is 14.1. The average molecular weight is 510 g/mol. The predicted molar refractivity (Wildman–Crippen MR) is 126 cm³/mol. The summed E-state index contributed by atoms with van der Waals surface area (Å²) in [5.74, 6) is -0.256. The van der Waals surface area contributed by atoms with E-state index in [2.05, 4.69) is 26.2 Å². The van der Waals surface area contributed by atoms with Gasteiger partial charge in [0.25, 0.3) is 5.91 Å². The number of nitrogens with zero attached hydrogens (tertiary/aromatic N) is 2. The van der Waals surface area contributed by atoms with Gasteiger partial charge in [-0.2, -0.15) is 4.31 Å². The van der Waals surface area contributed by atoms with Gasteiger partial charge in [0.2, 0.25) is 10.0 Å². The number of anilines is 1. The molecule has 0 radical (unpaired) electrons. The Labute approximate surface area is 189 Å². The van der Waals surface area contributed by atoms with E-state index in [1.165, 1.54) is 15.6 Å². The van der Waals surface area contributed by atoms with Crippen molar-refractivity contribution in [1.29, 1.82) is 0 Å². The van der Waals surface area contributed by atoms with Crippen molar-refractivity contribution in [3.05, 3.63) is 53.6 Å². The molecule has 0 atom stereocenters. The highest BCUT2D eigenvalue weighted by Crippen LogP contribution is 2.30. The summed E-state index contributed by atoms with van der Waals surface area (Å²) in [6.45, 7) is 7.45. The third kappa shape index (κ3) is 4.74. The number of thiazole rings is 1. The molecule has 1 aromatic heterocycles. The van der Waals surface area contributed by atoms with Crippen LogP contribution in [0, 0.1) is 0 Å². The molecule has 30 heavy (non-hydrogen) atoms.